The Balaban J connectivity index is 2.39. The van der Waals surface area contributed by atoms with Gasteiger partial charge in [0, 0.05) is 16.9 Å². The number of benzene rings is 2. The topological polar surface area (TPSA) is 38.0 Å². The second-order valence-corrected chi connectivity index (χ2v) is 5.22. The summed E-state index contributed by atoms with van der Waals surface area (Å²) in [7, 11) is 0. The summed E-state index contributed by atoms with van der Waals surface area (Å²) in [6.45, 7) is 4.36. The zero-order chi connectivity index (χ0) is 13.8. The monoisotopic (exact) mass is 270 g/mol. The molecule has 0 fully saturated rings. The van der Waals surface area contributed by atoms with E-state index in [2.05, 4.69) is 37.4 Å². The molecule has 2 rings (SSSR count). The lowest BCUT2D eigenvalue weighted by Crippen LogP contribution is -2.12. The van der Waals surface area contributed by atoms with Crippen LogP contribution in [-0.4, -0.2) is 4.99 Å². The molecular formula is C16H18N2S. The first kappa shape index (κ1) is 13.6. The van der Waals surface area contributed by atoms with Crippen molar-refractivity contribution in [2.24, 2.45) is 5.73 Å². The summed E-state index contributed by atoms with van der Waals surface area (Å²) in [5.74, 6) is 0.459. The van der Waals surface area contributed by atoms with Crippen molar-refractivity contribution >= 4 is 28.6 Å². The summed E-state index contributed by atoms with van der Waals surface area (Å²) >= 11 is 5.09. The molecule has 3 heteroatoms. The highest BCUT2D eigenvalue weighted by molar-refractivity contribution is 7.80. The summed E-state index contributed by atoms with van der Waals surface area (Å²) in [5, 5.41) is 3.44. The van der Waals surface area contributed by atoms with E-state index in [9.17, 15) is 0 Å². The molecule has 2 aromatic rings. The van der Waals surface area contributed by atoms with Crippen LogP contribution in [0.5, 0.6) is 0 Å². The molecule has 0 aliphatic carbocycles. The largest absolute Gasteiger partial charge is 0.389 e. The number of para-hydroxylation sites is 2. The van der Waals surface area contributed by atoms with Crippen LogP contribution in [0.25, 0.3) is 0 Å². The molecule has 0 atom stereocenters. The minimum absolute atomic E-state index is 0.408. The Morgan fingerprint density at radius 3 is 2.21 bits per heavy atom. The Bertz CT molecular complexity index is 591. The Morgan fingerprint density at radius 1 is 1.00 bits per heavy atom. The Kier molecular flexibility index (Phi) is 4.17. The van der Waals surface area contributed by atoms with Crippen molar-refractivity contribution in [2.75, 3.05) is 5.32 Å². The molecule has 0 saturated heterocycles. The maximum Gasteiger partial charge on any atom is 0.106 e. The second kappa shape index (κ2) is 5.85. The average Bonchev–Trinajstić information content (AvgIpc) is 2.39. The van der Waals surface area contributed by atoms with Crippen molar-refractivity contribution in [3.63, 3.8) is 0 Å². The first-order valence-corrected chi connectivity index (χ1v) is 6.75. The second-order valence-electron chi connectivity index (χ2n) is 4.78. The Hall–Kier alpha value is -1.87. The number of rotatable bonds is 4. The Morgan fingerprint density at radius 2 is 1.58 bits per heavy atom. The van der Waals surface area contributed by atoms with Crippen LogP contribution in [0, 0.1) is 0 Å². The van der Waals surface area contributed by atoms with E-state index in [4.69, 9.17) is 18.0 Å². The van der Waals surface area contributed by atoms with E-state index in [0.717, 1.165) is 16.9 Å². The third-order valence-electron chi connectivity index (χ3n) is 3.04. The van der Waals surface area contributed by atoms with E-state index >= 15 is 0 Å². The molecule has 19 heavy (non-hydrogen) atoms. The molecule has 0 radical (unpaired) electrons. The lowest BCUT2D eigenvalue weighted by atomic mass is 10.0. The zero-order valence-electron chi connectivity index (χ0n) is 11.2. The fourth-order valence-corrected chi connectivity index (χ4v) is 2.24. The maximum atomic E-state index is 5.76. The van der Waals surface area contributed by atoms with Gasteiger partial charge >= 0.3 is 0 Å². The predicted molar refractivity (Wildman–Crippen MR) is 86.1 cm³/mol. The van der Waals surface area contributed by atoms with Gasteiger partial charge in [-0.15, -0.1) is 0 Å². The van der Waals surface area contributed by atoms with E-state index in [0.29, 0.717) is 10.9 Å². The molecule has 2 nitrogen and oxygen atoms in total. The van der Waals surface area contributed by atoms with Crippen LogP contribution in [0.4, 0.5) is 11.4 Å². The molecule has 0 bridgehead atoms. The SMILES string of the molecule is CC(C)c1ccccc1Nc1ccccc1C(N)=S. The van der Waals surface area contributed by atoms with Gasteiger partial charge in [0.25, 0.3) is 0 Å². The van der Waals surface area contributed by atoms with Crippen molar-refractivity contribution in [1.82, 2.24) is 0 Å². The van der Waals surface area contributed by atoms with Crippen LogP contribution < -0.4 is 11.1 Å². The molecule has 3 N–H and O–H groups in total. The van der Waals surface area contributed by atoms with Gasteiger partial charge in [0.15, 0.2) is 0 Å². The highest BCUT2D eigenvalue weighted by Gasteiger charge is 2.09. The summed E-state index contributed by atoms with van der Waals surface area (Å²) in [5.41, 5.74) is 9.95. The predicted octanol–water partition coefficient (Wildman–Crippen LogP) is 4.19. The molecule has 0 unspecified atom stereocenters. The summed E-state index contributed by atoms with van der Waals surface area (Å²) in [6, 6.07) is 16.1. The lowest BCUT2D eigenvalue weighted by molar-refractivity contribution is 0.869. The van der Waals surface area contributed by atoms with Gasteiger partial charge in [-0.3, -0.25) is 0 Å². The van der Waals surface area contributed by atoms with Crippen LogP contribution in [0.1, 0.15) is 30.9 Å². The average molecular weight is 270 g/mol. The molecule has 2 aromatic carbocycles. The highest BCUT2D eigenvalue weighted by atomic mass is 32.1. The van der Waals surface area contributed by atoms with Gasteiger partial charge < -0.3 is 11.1 Å². The Labute approximate surface area is 119 Å². The zero-order valence-corrected chi connectivity index (χ0v) is 12.0. The molecule has 98 valence electrons. The van der Waals surface area contributed by atoms with Crippen LogP contribution in [-0.2, 0) is 0 Å². The summed E-state index contributed by atoms with van der Waals surface area (Å²) < 4.78 is 0. The van der Waals surface area contributed by atoms with Crippen LogP contribution >= 0.6 is 12.2 Å². The van der Waals surface area contributed by atoms with E-state index in [1.807, 2.05) is 30.3 Å². The number of nitrogens with two attached hydrogens (primary N) is 1. The number of nitrogens with one attached hydrogen (secondary N) is 1. The van der Waals surface area contributed by atoms with Gasteiger partial charge in [0.2, 0.25) is 0 Å². The van der Waals surface area contributed by atoms with Gasteiger partial charge in [0.05, 0.1) is 0 Å². The van der Waals surface area contributed by atoms with Gasteiger partial charge in [-0.1, -0.05) is 56.4 Å². The van der Waals surface area contributed by atoms with Gasteiger partial charge in [-0.25, -0.2) is 0 Å². The first-order chi connectivity index (χ1) is 9.09. The van der Waals surface area contributed by atoms with Crippen LogP contribution in [0.3, 0.4) is 0 Å². The summed E-state index contributed by atoms with van der Waals surface area (Å²) in [4.78, 5) is 0.408. The number of anilines is 2. The quantitative estimate of drug-likeness (QED) is 0.818. The van der Waals surface area contributed by atoms with Crippen molar-refractivity contribution in [3.8, 4) is 0 Å². The van der Waals surface area contributed by atoms with Crippen LogP contribution in [0.2, 0.25) is 0 Å². The lowest BCUT2D eigenvalue weighted by Gasteiger charge is -2.16. The summed E-state index contributed by atoms with van der Waals surface area (Å²) in [6.07, 6.45) is 0. The molecule has 0 amide bonds. The van der Waals surface area contributed by atoms with E-state index in [1.54, 1.807) is 0 Å². The third kappa shape index (κ3) is 3.12. The molecule has 0 aliphatic rings. The van der Waals surface area contributed by atoms with Gasteiger partial charge in [0.1, 0.15) is 4.99 Å². The smallest absolute Gasteiger partial charge is 0.106 e. The highest BCUT2D eigenvalue weighted by Crippen LogP contribution is 2.28. The maximum absolute atomic E-state index is 5.76. The molecule has 0 heterocycles. The fourth-order valence-electron chi connectivity index (χ4n) is 2.07. The molecule has 0 aromatic heterocycles. The number of thiocarbonyl (C=S) groups is 1. The third-order valence-corrected chi connectivity index (χ3v) is 3.26. The first-order valence-electron chi connectivity index (χ1n) is 6.34. The van der Waals surface area contributed by atoms with Gasteiger partial charge in [-0.05, 0) is 29.7 Å². The minimum Gasteiger partial charge on any atom is -0.389 e. The van der Waals surface area contributed by atoms with E-state index < -0.39 is 0 Å². The van der Waals surface area contributed by atoms with Crippen molar-refractivity contribution in [1.29, 1.82) is 0 Å². The van der Waals surface area contributed by atoms with E-state index in [-0.39, 0.29) is 0 Å². The minimum atomic E-state index is 0.408. The number of hydrogen-bond donors (Lipinski definition) is 2. The van der Waals surface area contributed by atoms with Crippen molar-refractivity contribution < 1.29 is 0 Å². The molecule has 0 aliphatic heterocycles. The van der Waals surface area contributed by atoms with Crippen molar-refractivity contribution in [3.05, 3.63) is 59.7 Å². The number of hydrogen-bond acceptors (Lipinski definition) is 2. The molecule has 0 saturated carbocycles. The van der Waals surface area contributed by atoms with Crippen molar-refractivity contribution in [2.45, 2.75) is 19.8 Å². The van der Waals surface area contributed by atoms with Gasteiger partial charge in [-0.2, -0.15) is 0 Å². The molecule has 0 spiro atoms. The van der Waals surface area contributed by atoms with E-state index in [1.165, 1.54) is 5.56 Å². The van der Waals surface area contributed by atoms with Crippen LogP contribution in [0.15, 0.2) is 48.5 Å². The molecular weight excluding hydrogens is 252 g/mol. The fraction of sp³-hybridized carbons (Fsp3) is 0.188. The standard InChI is InChI=1S/C16H18N2S/c1-11(2)12-7-3-5-9-14(12)18-15-10-6-4-8-13(15)16(17)19/h3-11,18H,1-2H3,(H2,17,19). The normalized spacial score (nSPS) is 10.5.